The van der Waals surface area contributed by atoms with Crippen LogP contribution in [0.15, 0.2) is 58.3 Å². The molecular weight excluding hydrogens is 445 g/mol. The molecule has 30 heavy (non-hydrogen) atoms. The number of hydrogen-bond acceptors (Lipinski definition) is 6. The number of nitrogens with zero attached hydrogens (tertiary/aromatic N) is 2. The van der Waals surface area contributed by atoms with Gasteiger partial charge in [-0.1, -0.05) is 61.6 Å². The van der Waals surface area contributed by atoms with Gasteiger partial charge in [-0.25, -0.2) is 0 Å². The van der Waals surface area contributed by atoms with Crippen LogP contribution < -0.4 is 9.80 Å². The van der Waals surface area contributed by atoms with Crippen molar-refractivity contribution in [2.24, 2.45) is 0 Å². The molecule has 0 fully saturated rings. The molecule has 2 aromatic rings. The molecule has 2 atom stereocenters. The maximum absolute atomic E-state index is 2.70. The Bertz CT molecular complexity index is 804. The highest BCUT2D eigenvalue weighted by Crippen LogP contribution is 2.64. The van der Waals surface area contributed by atoms with Gasteiger partial charge in [0.2, 0.25) is 0 Å². The summed E-state index contributed by atoms with van der Waals surface area (Å²) in [6, 6.07) is 18.0. The number of thioether (sulfide) groups is 4. The second-order valence-corrected chi connectivity index (χ2v) is 13.5. The van der Waals surface area contributed by atoms with E-state index in [9.17, 15) is 0 Å². The standard InChI is InChI=1S/C24H32N2S4/c1-5-27-17-15-25-19-11-7-9-13-21(19)29-23(25,3)24(4)26(16-18-28-6-2)20-12-8-10-14-22(20)30-24/h7-14H,5-6,15-18H2,1-4H3. The largest absolute Gasteiger partial charge is 0.352 e. The zero-order valence-corrected chi connectivity index (χ0v) is 21.7. The summed E-state index contributed by atoms with van der Waals surface area (Å²) in [6.07, 6.45) is 0. The molecule has 2 unspecified atom stereocenters. The first-order chi connectivity index (χ1) is 14.5. The molecule has 4 rings (SSSR count). The normalized spacial score (nSPS) is 24.9. The van der Waals surface area contributed by atoms with E-state index in [2.05, 4.69) is 110 Å². The van der Waals surface area contributed by atoms with Gasteiger partial charge in [0.1, 0.15) is 9.74 Å². The lowest BCUT2D eigenvalue weighted by molar-refractivity contribution is 0.451. The summed E-state index contributed by atoms with van der Waals surface area (Å²) >= 11 is 8.21. The zero-order chi connectivity index (χ0) is 21.2. The van der Waals surface area contributed by atoms with E-state index in [-0.39, 0.29) is 9.74 Å². The first-order valence-electron chi connectivity index (χ1n) is 10.8. The average Bonchev–Trinajstić information content (AvgIpc) is 3.21. The van der Waals surface area contributed by atoms with E-state index in [0.717, 1.165) is 13.1 Å². The Morgan fingerprint density at radius 2 is 1.10 bits per heavy atom. The monoisotopic (exact) mass is 476 g/mol. The third kappa shape index (κ3) is 3.87. The van der Waals surface area contributed by atoms with E-state index in [1.54, 1.807) is 0 Å². The van der Waals surface area contributed by atoms with Crippen LogP contribution in [0.3, 0.4) is 0 Å². The quantitative estimate of drug-likeness (QED) is 0.352. The highest BCUT2D eigenvalue weighted by molar-refractivity contribution is 8.05. The summed E-state index contributed by atoms with van der Waals surface area (Å²) in [4.78, 5) is 8.14. The lowest BCUT2D eigenvalue weighted by Crippen LogP contribution is -2.63. The predicted octanol–water partition coefficient (Wildman–Crippen LogP) is 7.15. The Hall–Kier alpha value is -0.560. The van der Waals surface area contributed by atoms with Crippen LogP contribution in [0.2, 0.25) is 0 Å². The highest BCUT2D eigenvalue weighted by atomic mass is 32.2. The average molecular weight is 477 g/mol. The number of benzene rings is 2. The summed E-state index contributed by atoms with van der Waals surface area (Å²) in [5, 5.41) is 0. The molecule has 0 aliphatic carbocycles. The van der Waals surface area contributed by atoms with Crippen LogP contribution in [0.1, 0.15) is 27.7 Å². The Kier molecular flexibility index (Phi) is 7.18. The van der Waals surface area contributed by atoms with Crippen molar-refractivity contribution in [3.8, 4) is 0 Å². The number of fused-ring (bicyclic) bond motifs is 2. The second-order valence-electron chi connectivity index (χ2n) is 7.80. The molecule has 0 saturated heterocycles. The Labute approximate surface area is 199 Å². The smallest absolute Gasteiger partial charge is 0.121 e. The fraction of sp³-hybridized carbons (Fsp3) is 0.500. The van der Waals surface area contributed by atoms with Gasteiger partial charge in [-0.15, -0.1) is 0 Å². The molecule has 2 heterocycles. The van der Waals surface area contributed by atoms with Crippen molar-refractivity contribution in [3.63, 3.8) is 0 Å². The second kappa shape index (κ2) is 9.51. The summed E-state index contributed by atoms with van der Waals surface area (Å²) < 4.78 is 0. The lowest BCUT2D eigenvalue weighted by atomic mass is 10.0. The van der Waals surface area contributed by atoms with Crippen LogP contribution in [0.25, 0.3) is 0 Å². The van der Waals surface area contributed by atoms with E-state index >= 15 is 0 Å². The van der Waals surface area contributed by atoms with Gasteiger partial charge in [0.25, 0.3) is 0 Å². The maximum Gasteiger partial charge on any atom is 0.121 e. The summed E-state index contributed by atoms with van der Waals surface area (Å²) in [5.41, 5.74) is 2.81. The molecule has 0 amide bonds. The fourth-order valence-corrected chi connectivity index (χ4v) is 8.85. The van der Waals surface area contributed by atoms with E-state index in [0.29, 0.717) is 0 Å². The van der Waals surface area contributed by atoms with E-state index < -0.39 is 0 Å². The summed E-state index contributed by atoms with van der Waals surface area (Å²) in [7, 11) is 0. The van der Waals surface area contributed by atoms with Crippen LogP contribution in [0.5, 0.6) is 0 Å². The first-order valence-corrected chi connectivity index (χ1v) is 14.8. The predicted molar refractivity (Wildman–Crippen MR) is 142 cm³/mol. The SMILES string of the molecule is CCSCCN1c2ccccc2SC1(C)C1(C)Sc2ccccc2N1CCSCC. The van der Waals surface area contributed by atoms with Gasteiger partial charge in [0.15, 0.2) is 0 Å². The third-order valence-corrected chi connectivity index (χ3v) is 11.2. The van der Waals surface area contributed by atoms with Crippen LogP contribution in [-0.4, -0.2) is 45.8 Å². The third-order valence-electron chi connectivity index (χ3n) is 6.15. The molecular formula is C24H32N2S4. The molecule has 2 aromatic carbocycles. The van der Waals surface area contributed by atoms with Crippen molar-refractivity contribution in [3.05, 3.63) is 48.5 Å². The van der Waals surface area contributed by atoms with Crippen LogP contribution in [0, 0.1) is 0 Å². The van der Waals surface area contributed by atoms with Crippen molar-refractivity contribution in [1.82, 2.24) is 0 Å². The molecule has 2 aliphatic heterocycles. The van der Waals surface area contributed by atoms with Gasteiger partial charge in [-0.05, 0) is 49.6 Å². The van der Waals surface area contributed by atoms with Crippen molar-refractivity contribution < 1.29 is 0 Å². The molecule has 0 spiro atoms. The van der Waals surface area contributed by atoms with Crippen LogP contribution >= 0.6 is 47.0 Å². The Morgan fingerprint density at radius 3 is 1.50 bits per heavy atom. The highest BCUT2D eigenvalue weighted by Gasteiger charge is 2.59. The molecule has 0 saturated carbocycles. The number of anilines is 2. The lowest BCUT2D eigenvalue weighted by Gasteiger charge is -2.51. The molecule has 0 aromatic heterocycles. The Balaban J connectivity index is 1.73. The van der Waals surface area contributed by atoms with Gasteiger partial charge in [0, 0.05) is 34.4 Å². The van der Waals surface area contributed by atoms with Gasteiger partial charge >= 0.3 is 0 Å². The van der Waals surface area contributed by atoms with Crippen LogP contribution in [-0.2, 0) is 0 Å². The molecule has 162 valence electrons. The van der Waals surface area contributed by atoms with E-state index in [1.165, 1.54) is 44.2 Å². The number of para-hydroxylation sites is 2. The minimum Gasteiger partial charge on any atom is -0.352 e. The maximum atomic E-state index is 2.70. The number of rotatable bonds is 9. The first kappa shape index (κ1) is 22.6. The van der Waals surface area contributed by atoms with Crippen molar-refractivity contribution >= 4 is 58.4 Å². The minimum atomic E-state index is -0.0500. The number of hydrogen-bond donors (Lipinski definition) is 0. The van der Waals surface area contributed by atoms with Crippen molar-refractivity contribution in [2.75, 3.05) is 45.9 Å². The fourth-order valence-electron chi connectivity index (χ4n) is 4.49. The van der Waals surface area contributed by atoms with Crippen molar-refractivity contribution in [2.45, 2.75) is 47.2 Å². The van der Waals surface area contributed by atoms with Gasteiger partial charge in [-0.3, -0.25) is 0 Å². The van der Waals surface area contributed by atoms with Crippen molar-refractivity contribution in [1.29, 1.82) is 0 Å². The minimum absolute atomic E-state index is 0.0500. The topological polar surface area (TPSA) is 6.48 Å². The molecule has 0 bridgehead atoms. The van der Waals surface area contributed by atoms with Gasteiger partial charge in [0.05, 0.1) is 11.4 Å². The van der Waals surface area contributed by atoms with E-state index in [1.807, 2.05) is 23.5 Å². The Morgan fingerprint density at radius 1 is 0.700 bits per heavy atom. The van der Waals surface area contributed by atoms with Gasteiger partial charge < -0.3 is 9.80 Å². The zero-order valence-electron chi connectivity index (χ0n) is 18.4. The van der Waals surface area contributed by atoms with Crippen LogP contribution in [0.4, 0.5) is 11.4 Å². The van der Waals surface area contributed by atoms with E-state index in [4.69, 9.17) is 0 Å². The van der Waals surface area contributed by atoms with Gasteiger partial charge in [-0.2, -0.15) is 23.5 Å². The molecule has 2 aliphatic rings. The molecule has 2 nitrogen and oxygen atoms in total. The summed E-state index contributed by atoms with van der Waals surface area (Å²) in [6.45, 7) is 11.6. The molecule has 0 radical (unpaired) electrons. The summed E-state index contributed by atoms with van der Waals surface area (Å²) in [5.74, 6) is 4.69. The molecule has 6 heteroatoms. The molecule has 0 N–H and O–H groups in total.